The van der Waals surface area contributed by atoms with Crippen LogP contribution in [0.25, 0.3) is 0 Å². The summed E-state index contributed by atoms with van der Waals surface area (Å²) in [6.45, 7) is 0.410. The highest BCUT2D eigenvalue weighted by Crippen LogP contribution is 2.33. The third kappa shape index (κ3) is 2.07. The van der Waals surface area contributed by atoms with Gasteiger partial charge in [-0.2, -0.15) is 0 Å². The molecule has 2 heterocycles. The highest BCUT2D eigenvalue weighted by atomic mass is 16.4. The minimum atomic E-state index is -0.963. The van der Waals surface area contributed by atoms with Crippen LogP contribution in [0.15, 0.2) is 47.1 Å². The summed E-state index contributed by atoms with van der Waals surface area (Å²) in [6.07, 6.45) is 1.31. The van der Waals surface area contributed by atoms with Gasteiger partial charge in [0.15, 0.2) is 0 Å². The van der Waals surface area contributed by atoms with Crippen molar-refractivity contribution in [2.24, 2.45) is 0 Å². The molecule has 1 aliphatic rings. The first-order valence-electron chi connectivity index (χ1n) is 6.31. The molecule has 1 unspecified atom stereocenters. The quantitative estimate of drug-likeness (QED) is 0.927. The lowest BCUT2D eigenvalue weighted by molar-refractivity contribution is -0.138. The van der Waals surface area contributed by atoms with Crippen LogP contribution in [0.1, 0.15) is 34.1 Å². The second-order valence-corrected chi connectivity index (χ2v) is 4.72. The summed E-state index contributed by atoms with van der Waals surface area (Å²) in [4.78, 5) is 25.0. The summed E-state index contributed by atoms with van der Waals surface area (Å²) in [5.41, 5.74) is 1.55. The van der Waals surface area contributed by atoms with Crippen molar-refractivity contribution >= 4 is 11.9 Å². The Morgan fingerprint density at radius 1 is 1.30 bits per heavy atom. The SMILES string of the molecule is O=C(O)CC(c1ccco1)N1Cc2ccccc2C1=O. The van der Waals surface area contributed by atoms with Crippen LogP contribution in [0, 0.1) is 0 Å². The predicted molar refractivity (Wildman–Crippen MR) is 70.0 cm³/mol. The molecule has 1 N–H and O–H groups in total. The molecule has 0 bridgehead atoms. The van der Waals surface area contributed by atoms with Crippen molar-refractivity contribution in [1.82, 2.24) is 4.90 Å². The third-order valence-corrected chi connectivity index (χ3v) is 3.47. The number of fused-ring (bicyclic) bond motifs is 1. The van der Waals surface area contributed by atoms with E-state index in [1.807, 2.05) is 12.1 Å². The molecule has 1 amide bonds. The van der Waals surface area contributed by atoms with Crippen molar-refractivity contribution in [2.45, 2.75) is 19.0 Å². The van der Waals surface area contributed by atoms with Gasteiger partial charge in [-0.3, -0.25) is 9.59 Å². The van der Waals surface area contributed by atoms with Gasteiger partial charge in [-0.05, 0) is 23.8 Å². The van der Waals surface area contributed by atoms with Crippen LogP contribution < -0.4 is 0 Å². The first kappa shape index (κ1) is 12.5. The molecule has 0 saturated carbocycles. The van der Waals surface area contributed by atoms with Crippen LogP contribution in [0.3, 0.4) is 0 Å². The summed E-state index contributed by atoms with van der Waals surface area (Å²) >= 11 is 0. The maximum absolute atomic E-state index is 12.4. The summed E-state index contributed by atoms with van der Waals surface area (Å²) in [6, 6.07) is 10.1. The number of furan rings is 1. The van der Waals surface area contributed by atoms with Crippen LogP contribution >= 0.6 is 0 Å². The molecule has 2 aromatic rings. The van der Waals surface area contributed by atoms with E-state index >= 15 is 0 Å². The topological polar surface area (TPSA) is 70.8 Å². The zero-order valence-corrected chi connectivity index (χ0v) is 10.7. The minimum Gasteiger partial charge on any atom is -0.481 e. The summed E-state index contributed by atoms with van der Waals surface area (Å²) < 4.78 is 5.30. The van der Waals surface area contributed by atoms with Crippen molar-refractivity contribution in [3.05, 3.63) is 59.5 Å². The zero-order valence-electron chi connectivity index (χ0n) is 10.7. The van der Waals surface area contributed by atoms with E-state index in [1.54, 1.807) is 29.2 Å². The van der Waals surface area contributed by atoms with Gasteiger partial charge in [0.25, 0.3) is 5.91 Å². The molecular formula is C15H13NO4. The van der Waals surface area contributed by atoms with Gasteiger partial charge in [0.1, 0.15) is 11.8 Å². The van der Waals surface area contributed by atoms with Crippen LogP contribution in [0.4, 0.5) is 0 Å². The fraction of sp³-hybridized carbons (Fsp3) is 0.200. The molecule has 1 aromatic heterocycles. The van der Waals surface area contributed by atoms with Gasteiger partial charge in [-0.25, -0.2) is 0 Å². The summed E-state index contributed by atoms with van der Waals surface area (Å²) in [7, 11) is 0. The number of benzene rings is 1. The fourth-order valence-electron chi connectivity index (χ4n) is 2.54. The van der Waals surface area contributed by atoms with E-state index < -0.39 is 12.0 Å². The first-order chi connectivity index (χ1) is 9.66. The molecule has 20 heavy (non-hydrogen) atoms. The Morgan fingerprint density at radius 2 is 2.10 bits per heavy atom. The molecule has 0 aliphatic carbocycles. The van der Waals surface area contributed by atoms with Crippen LogP contribution in [0.2, 0.25) is 0 Å². The highest BCUT2D eigenvalue weighted by molar-refractivity contribution is 5.98. The Balaban J connectivity index is 1.94. The smallest absolute Gasteiger partial charge is 0.305 e. The van der Waals surface area contributed by atoms with Gasteiger partial charge in [-0.1, -0.05) is 18.2 Å². The number of rotatable bonds is 4. The maximum atomic E-state index is 12.4. The maximum Gasteiger partial charge on any atom is 0.305 e. The van der Waals surface area contributed by atoms with E-state index in [2.05, 4.69) is 0 Å². The standard InChI is InChI=1S/C15H13NO4/c17-14(18)8-12(13-6-3-7-20-13)16-9-10-4-1-2-5-11(10)15(16)19/h1-7,12H,8-9H2,(H,17,18). The number of hydrogen-bond donors (Lipinski definition) is 1. The molecule has 5 heteroatoms. The molecule has 1 aromatic carbocycles. The average molecular weight is 271 g/mol. The lowest BCUT2D eigenvalue weighted by Gasteiger charge is -2.24. The van der Waals surface area contributed by atoms with Crippen molar-refractivity contribution in [3.8, 4) is 0 Å². The number of hydrogen-bond acceptors (Lipinski definition) is 3. The Labute approximate surface area is 115 Å². The Kier molecular flexibility index (Phi) is 3.02. The van der Waals surface area contributed by atoms with Gasteiger partial charge in [0.05, 0.1) is 12.7 Å². The zero-order chi connectivity index (χ0) is 14.1. The number of carboxylic acid groups (broad SMARTS) is 1. The number of nitrogens with zero attached hydrogens (tertiary/aromatic N) is 1. The van der Waals surface area contributed by atoms with Crippen LogP contribution in [0.5, 0.6) is 0 Å². The third-order valence-electron chi connectivity index (χ3n) is 3.47. The number of carboxylic acids is 1. The largest absolute Gasteiger partial charge is 0.481 e. The van der Waals surface area contributed by atoms with Gasteiger partial charge in [0, 0.05) is 12.1 Å². The molecule has 102 valence electrons. The fourth-order valence-corrected chi connectivity index (χ4v) is 2.54. The molecule has 0 spiro atoms. The van der Waals surface area contributed by atoms with Gasteiger partial charge in [-0.15, -0.1) is 0 Å². The number of aliphatic carboxylic acids is 1. The number of carbonyl (C=O) groups excluding carboxylic acids is 1. The van der Waals surface area contributed by atoms with E-state index in [4.69, 9.17) is 9.52 Å². The normalized spacial score (nSPS) is 15.2. The molecule has 0 saturated heterocycles. The van der Waals surface area contributed by atoms with E-state index in [0.717, 1.165) is 5.56 Å². The van der Waals surface area contributed by atoms with E-state index in [1.165, 1.54) is 6.26 Å². The van der Waals surface area contributed by atoms with Gasteiger partial charge in [0.2, 0.25) is 0 Å². The Morgan fingerprint density at radius 3 is 2.75 bits per heavy atom. The minimum absolute atomic E-state index is 0.150. The number of amides is 1. The van der Waals surface area contributed by atoms with Crippen molar-refractivity contribution < 1.29 is 19.1 Å². The first-order valence-corrected chi connectivity index (χ1v) is 6.31. The summed E-state index contributed by atoms with van der Waals surface area (Å²) in [5, 5.41) is 9.07. The number of carbonyl (C=O) groups is 2. The molecule has 0 fully saturated rings. The van der Waals surface area contributed by atoms with Crippen LogP contribution in [-0.2, 0) is 11.3 Å². The molecule has 1 aliphatic heterocycles. The molecule has 0 radical (unpaired) electrons. The molecule has 1 atom stereocenters. The van der Waals surface area contributed by atoms with Crippen molar-refractivity contribution in [1.29, 1.82) is 0 Å². The second kappa shape index (κ2) is 4.85. The van der Waals surface area contributed by atoms with E-state index in [-0.39, 0.29) is 12.3 Å². The second-order valence-electron chi connectivity index (χ2n) is 4.72. The van der Waals surface area contributed by atoms with Crippen molar-refractivity contribution in [2.75, 3.05) is 0 Å². The molecule has 5 nitrogen and oxygen atoms in total. The Hall–Kier alpha value is -2.56. The lowest BCUT2D eigenvalue weighted by atomic mass is 10.1. The van der Waals surface area contributed by atoms with Gasteiger partial charge < -0.3 is 14.4 Å². The summed E-state index contributed by atoms with van der Waals surface area (Å²) in [5.74, 6) is -0.619. The molecule has 3 rings (SSSR count). The van der Waals surface area contributed by atoms with E-state index in [0.29, 0.717) is 17.9 Å². The van der Waals surface area contributed by atoms with Crippen LogP contribution in [-0.4, -0.2) is 21.9 Å². The Bertz CT molecular complexity index is 648. The van der Waals surface area contributed by atoms with E-state index in [9.17, 15) is 9.59 Å². The molecular weight excluding hydrogens is 258 g/mol. The monoisotopic (exact) mass is 271 g/mol. The van der Waals surface area contributed by atoms with Crippen molar-refractivity contribution in [3.63, 3.8) is 0 Å². The van der Waals surface area contributed by atoms with Gasteiger partial charge >= 0.3 is 5.97 Å². The lowest BCUT2D eigenvalue weighted by Crippen LogP contribution is -2.30. The predicted octanol–water partition coefficient (Wildman–Crippen LogP) is 2.45. The highest BCUT2D eigenvalue weighted by Gasteiger charge is 2.35. The average Bonchev–Trinajstić information content (AvgIpc) is 3.05.